The summed E-state index contributed by atoms with van der Waals surface area (Å²) in [6.07, 6.45) is 2.17. The molecule has 0 aromatic heterocycles. The minimum absolute atomic E-state index is 0. The molecule has 1 aliphatic rings. The Bertz CT molecular complexity index is 320. The molecule has 0 aliphatic heterocycles. The fourth-order valence-corrected chi connectivity index (χ4v) is 2.78. The summed E-state index contributed by atoms with van der Waals surface area (Å²) in [5.41, 5.74) is 9.90. The molecule has 6 N–H and O–H groups in total. The second kappa shape index (κ2) is 7.36. The molecule has 0 radical (unpaired) electrons. The Morgan fingerprint density at radius 1 is 1.37 bits per heavy atom. The van der Waals surface area contributed by atoms with Crippen LogP contribution < -0.4 is 11.5 Å². The molecule has 1 aliphatic carbocycles. The van der Waals surface area contributed by atoms with Crippen molar-refractivity contribution in [3.05, 3.63) is 0 Å². The van der Waals surface area contributed by atoms with E-state index in [4.69, 9.17) is 21.7 Å². The fourth-order valence-electron chi connectivity index (χ4n) is 2.78. The van der Waals surface area contributed by atoms with Gasteiger partial charge in [0.25, 0.3) is 0 Å². The van der Waals surface area contributed by atoms with Crippen LogP contribution in [0.5, 0.6) is 0 Å². The second-order valence-corrected chi connectivity index (χ2v) is 5.14. The van der Waals surface area contributed by atoms with Gasteiger partial charge in [-0.25, -0.2) is 0 Å². The molecule has 114 valence electrons. The molecule has 7 heteroatoms. The van der Waals surface area contributed by atoms with E-state index >= 15 is 0 Å². The summed E-state index contributed by atoms with van der Waals surface area (Å²) in [7, 11) is 0. The quantitative estimate of drug-likeness (QED) is 0.410. The van der Waals surface area contributed by atoms with Crippen molar-refractivity contribution in [2.45, 2.75) is 38.6 Å². The Labute approximate surface area is 127 Å². The van der Waals surface area contributed by atoms with Crippen LogP contribution in [-0.2, 0) is 30.7 Å². The van der Waals surface area contributed by atoms with Gasteiger partial charge in [0.05, 0.1) is 0 Å². The number of hydrogen-bond donors (Lipinski definition) is 4. The molecular weight excluding hydrogens is 431 g/mol. The van der Waals surface area contributed by atoms with E-state index in [0.717, 1.165) is 6.42 Å². The molecule has 19 heavy (non-hydrogen) atoms. The van der Waals surface area contributed by atoms with Crippen molar-refractivity contribution in [1.29, 1.82) is 0 Å². The largest absolute Gasteiger partial charge is 0.480 e. The normalized spacial score (nSPS) is 23.6. The summed E-state index contributed by atoms with van der Waals surface area (Å²) in [4.78, 5) is 22.4. The maximum absolute atomic E-state index is 11.2. The molecule has 0 heterocycles. The maximum Gasteiger partial charge on any atom is 0.321 e. The minimum atomic E-state index is -1.69. The van der Waals surface area contributed by atoms with Gasteiger partial charge in [-0.1, -0.05) is 13.3 Å². The molecule has 0 saturated heterocycles. The van der Waals surface area contributed by atoms with E-state index in [-0.39, 0.29) is 33.4 Å². The van der Waals surface area contributed by atoms with Gasteiger partial charge in [0, 0.05) is 33.0 Å². The Morgan fingerprint density at radius 2 is 1.89 bits per heavy atom. The van der Waals surface area contributed by atoms with E-state index in [0.29, 0.717) is 19.4 Å². The molecule has 0 spiro atoms. The zero-order valence-corrected chi connectivity index (χ0v) is 13.2. The Balaban J connectivity index is 0.00000324. The van der Waals surface area contributed by atoms with Gasteiger partial charge < -0.3 is 21.7 Å². The third-order valence-corrected chi connectivity index (χ3v) is 4.28. The fraction of sp³-hybridized carbons (Fsp3) is 0.833. The third kappa shape index (κ3) is 3.36. The first-order chi connectivity index (χ1) is 8.40. The monoisotopic (exact) mass is 453 g/mol. The van der Waals surface area contributed by atoms with Gasteiger partial charge in [-0.3, -0.25) is 9.59 Å². The van der Waals surface area contributed by atoms with Gasteiger partial charge in [-0.2, -0.15) is 0 Å². The van der Waals surface area contributed by atoms with Crippen molar-refractivity contribution in [2.24, 2.45) is 28.7 Å². The molecule has 0 aromatic carbocycles. The SMILES string of the molecule is CCC(CN)CC(N)C1CCC1(C(=O)O)C(=O)O.[Pt]. The predicted octanol–water partition coefficient (Wildman–Crippen LogP) is 0.252. The molecular formula is C12H22N2O4Pt. The second-order valence-electron chi connectivity index (χ2n) is 5.14. The van der Waals surface area contributed by atoms with E-state index in [9.17, 15) is 9.59 Å². The third-order valence-electron chi connectivity index (χ3n) is 4.28. The predicted molar refractivity (Wildman–Crippen MR) is 65.9 cm³/mol. The van der Waals surface area contributed by atoms with Crippen LogP contribution in [0.2, 0.25) is 0 Å². The van der Waals surface area contributed by atoms with Crippen molar-refractivity contribution in [3.8, 4) is 0 Å². The van der Waals surface area contributed by atoms with Gasteiger partial charge in [0.15, 0.2) is 5.41 Å². The van der Waals surface area contributed by atoms with Gasteiger partial charge in [0.2, 0.25) is 0 Å². The summed E-state index contributed by atoms with van der Waals surface area (Å²) in [5.74, 6) is -2.82. The van der Waals surface area contributed by atoms with Crippen molar-refractivity contribution in [2.75, 3.05) is 6.54 Å². The zero-order chi connectivity index (χ0) is 13.9. The molecule has 1 saturated carbocycles. The summed E-state index contributed by atoms with van der Waals surface area (Å²) in [6, 6.07) is -0.417. The van der Waals surface area contributed by atoms with Crippen LogP contribution in [0.15, 0.2) is 0 Å². The van der Waals surface area contributed by atoms with Crippen LogP contribution in [0.1, 0.15) is 32.6 Å². The first-order valence-electron chi connectivity index (χ1n) is 6.32. The number of hydrogen-bond acceptors (Lipinski definition) is 4. The van der Waals surface area contributed by atoms with Gasteiger partial charge in [-0.15, -0.1) is 0 Å². The van der Waals surface area contributed by atoms with Crippen LogP contribution in [0.25, 0.3) is 0 Å². The topological polar surface area (TPSA) is 127 Å². The number of nitrogens with two attached hydrogens (primary N) is 2. The van der Waals surface area contributed by atoms with E-state index in [1.165, 1.54) is 0 Å². The smallest absolute Gasteiger partial charge is 0.321 e. The van der Waals surface area contributed by atoms with Gasteiger partial charge >= 0.3 is 11.9 Å². The zero-order valence-electron chi connectivity index (χ0n) is 10.9. The minimum Gasteiger partial charge on any atom is -0.480 e. The van der Waals surface area contributed by atoms with Crippen molar-refractivity contribution < 1.29 is 40.9 Å². The first kappa shape index (κ1) is 18.5. The van der Waals surface area contributed by atoms with E-state index in [1.807, 2.05) is 6.92 Å². The summed E-state index contributed by atoms with van der Waals surface area (Å²) >= 11 is 0. The molecule has 6 nitrogen and oxygen atoms in total. The van der Waals surface area contributed by atoms with Gasteiger partial charge in [0.1, 0.15) is 0 Å². The number of carboxylic acid groups (broad SMARTS) is 2. The molecule has 0 aromatic rings. The van der Waals surface area contributed by atoms with E-state index in [2.05, 4.69) is 0 Å². The summed E-state index contributed by atoms with van der Waals surface area (Å²) in [6.45, 7) is 2.48. The Hall–Kier alpha value is -0.452. The first-order valence-corrected chi connectivity index (χ1v) is 6.32. The Kier molecular flexibility index (Phi) is 7.19. The molecule has 3 atom stereocenters. The van der Waals surface area contributed by atoms with Crippen molar-refractivity contribution >= 4 is 11.9 Å². The molecule has 0 amide bonds. The number of aliphatic carboxylic acids is 2. The standard InChI is InChI=1S/C12H22N2O4.Pt/c1-2-7(6-13)5-9(14)8-3-4-12(8,10(15)16)11(17)18;/h7-9H,2-6,13-14H2,1H3,(H,15,16)(H,17,18);. The van der Waals surface area contributed by atoms with Crippen LogP contribution in [-0.4, -0.2) is 34.7 Å². The summed E-state index contributed by atoms with van der Waals surface area (Å²) < 4.78 is 0. The van der Waals surface area contributed by atoms with Crippen molar-refractivity contribution in [3.63, 3.8) is 0 Å². The molecule has 0 bridgehead atoms. The van der Waals surface area contributed by atoms with Crippen LogP contribution in [0.3, 0.4) is 0 Å². The Morgan fingerprint density at radius 3 is 2.16 bits per heavy atom. The number of rotatable bonds is 7. The number of carbonyl (C=O) groups is 2. The molecule has 3 unspecified atom stereocenters. The molecule has 1 rings (SSSR count). The van der Waals surface area contributed by atoms with Crippen LogP contribution in [0, 0.1) is 17.3 Å². The van der Waals surface area contributed by atoms with Crippen LogP contribution in [0.4, 0.5) is 0 Å². The molecule has 1 fully saturated rings. The number of carboxylic acids is 2. The average Bonchev–Trinajstić information content (AvgIpc) is 2.23. The maximum atomic E-state index is 11.2. The average molecular weight is 453 g/mol. The van der Waals surface area contributed by atoms with Crippen LogP contribution >= 0.6 is 0 Å². The van der Waals surface area contributed by atoms with Gasteiger partial charge in [-0.05, 0) is 31.7 Å². The summed E-state index contributed by atoms with van der Waals surface area (Å²) in [5, 5.41) is 18.3. The van der Waals surface area contributed by atoms with E-state index < -0.39 is 29.3 Å². The van der Waals surface area contributed by atoms with Crippen molar-refractivity contribution in [1.82, 2.24) is 0 Å². The van der Waals surface area contributed by atoms with E-state index in [1.54, 1.807) is 0 Å².